The largest absolute Gasteiger partial charge is 0.480 e. The van der Waals surface area contributed by atoms with Crippen molar-refractivity contribution >= 4 is 23.6 Å². The van der Waals surface area contributed by atoms with Crippen LogP contribution in [0.3, 0.4) is 0 Å². The van der Waals surface area contributed by atoms with Gasteiger partial charge in [0.05, 0.1) is 6.54 Å². The summed E-state index contributed by atoms with van der Waals surface area (Å²) in [6.07, 6.45) is 0. The van der Waals surface area contributed by atoms with Crippen molar-refractivity contribution in [2.24, 2.45) is 0 Å². The number of hydrogen-bond acceptors (Lipinski definition) is 4. The highest BCUT2D eigenvalue weighted by atomic mass is 32.2. The van der Waals surface area contributed by atoms with E-state index in [-0.39, 0.29) is 19.0 Å². The summed E-state index contributed by atoms with van der Waals surface area (Å²) >= 11 is 1.67. The number of nitrogens with one attached hydrogen (secondary N) is 1. The highest BCUT2D eigenvalue weighted by Gasteiger charge is 2.31. The maximum Gasteiger partial charge on any atom is 0.322 e. The molecule has 1 atom stereocenters. The highest BCUT2D eigenvalue weighted by molar-refractivity contribution is 7.99. The van der Waals surface area contributed by atoms with Crippen LogP contribution in [-0.4, -0.2) is 53.3 Å². The highest BCUT2D eigenvalue weighted by Crippen LogP contribution is 2.19. The van der Waals surface area contributed by atoms with Gasteiger partial charge in [-0.3, -0.25) is 14.5 Å². The number of aryl methyl sites for hydroxylation is 1. The van der Waals surface area contributed by atoms with Gasteiger partial charge in [-0.2, -0.15) is 0 Å². The van der Waals surface area contributed by atoms with Gasteiger partial charge in [-0.15, -0.1) is 11.8 Å². The third-order valence-corrected chi connectivity index (χ3v) is 4.23. The number of thioether (sulfide) groups is 1. The van der Waals surface area contributed by atoms with Crippen LogP contribution >= 0.6 is 11.8 Å². The molecule has 1 heterocycles. The van der Waals surface area contributed by atoms with Crippen LogP contribution in [0.25, 0.3) is 0 Å². The average Bonchev–Trinajstić information content (AvgIpc) is 2.41. The molecule has 5 nitrogen and oxygen atoms in total. The normalized spacial score (nSPS) is 19.6. The summed E-state index contributed by atoms with van der Waals surface area (Å²) in [7, 11) is 0. The Hall–Kier alpha value is -1.53. The van der Waals surface area contributed by atoms with Gasteiger partial charge in [-0.25, -0.2) is 0 Å². The van der Waals surface area contributed by atoms with Gasteiger partial charge in [-0.1, -0.05) is 17.7 Å². The number of carboxylic acid groups (broad SMARTS) is 1. The molecule has 0 bridgehead atoms. The molecule has 0 spiro atoms. The van der Waals surface area contributed by atoms with E-state index in [2.05, 4.69) is 29.6 Å². The Kier molecular flexibility index (Phi) is 5.03. The number of aliphatic carboxylic acids is 1. The van der Waals surface area contributed by atoms with Crippen LogP contribution in [0, 0.1) is 6.92 Å². The zero-order valence-electron chi connectivity index (χ0n) is 11.3. The zero-order valence-corrected chi connectivity index (χ0v) is 12.2. The van der Waals surface area contributed by atoms with E-state index in [0.29, 0.717) is 6.54 Å². The second-order valence-corrected chi connectivity index (χ2v) is 5.96. The molecule has 1 saturated heterocycles. The van der Waals surface area contributed by atoms with Gasteiger partial charge in [-0.05, 0) is 19.1 Å². The summed E-state index contributed by atoms with van der Waals surface area (Å²) in [6.45, 7) is 2.97. The lowest BCUT2D eigenvalue weighted by molar-refractivity contribution is -0.145. The molecule has 108 valence electrons. The summed E-state index contributed by atoms with van der Waals surface area (Å²) in [5.74, 6) is -0.228. The molecule has 2 N–H and O–H groups in total. The molecule has 2 rings (SSSR count). The van der Waals surface area contributed by atoms with Crippen molar-refractivity contribution in [2.45, 2.75) is 17.9 Å². The summed E-state index contributed by atoms with van der Waals surface area (Å²) < 4.78 is 0. The van der Waals surface area contributed by atoms with Gasteiger partial charge in [0.1, 0.15) is 6.04 Å². The van der Waals surface area contributed by atoms with Gasteiger partial charge < -0.3 is 10.4 Å². The van der Waals surface area contributed by atoms with E-state index in [1.807, 2.05) is 6.92 Å². The molecular formula is C14H18N2O3S. The van der Waals surface area contributed by atoms with Crippen LogP contribution in [0.2, 0.25) is 0 Å². The third kappa shape index (κ3) is 3.98. The maximum absolute atomic E-state index is 11.4. The number of amides is 1. The summed E-state index contributed by atoms with van der Waals surface area (Å²) in [5, 5.41) is 11.7. The van der Waals surface area contributed by atoms with Crippen LogP contribution in [0.15, 0.2) is 29.2 Å². The van der Waals surface area contributed by atoms with Crippen LogP contribution < -0.4 is 5.32 Å². The number of hydrogen-bond donors (Lipinski definition) is 2. The van der Waals surface area contributed by atoms with Crippen LogP contribution in [0.4, 0.5) is 0 Å². The van der Waals surface area contributed by atoms with E-state index in [4.69, 9.17) is 5.11 Å². The van der Waals surface area contributed by atoms with E-state index in [1.54, 1.807) is 16.7 Å². The first-order valence-electron chi connectivity index (χ1n) is 6.49. The van der Waals surface area contributed by atoms with Gasteiger partial charge in [0, 0.05) is 23.7 Å². The summed E-state index contributed by atoms with van der Waals surface area (Å²) in [4.78, 5) is 25.4. The Morgan fingerprint density at radius 3 is 2.80 bits per heavy atom. The zero-order chi connectivity index (χ0) is 14.5. The van der Waals surface area contributed by atoms with E-state index < -0.39 is 12.0 Å². The van der Waals surface area contributed by atoms with Gasteiger partial charge in [0.2, 0.25) is 5.91 Å². The van der Waals surface area contributed by atoms with Crippen molar-refractivity contribution in [3.05, 3.63) is 29.8 Å². The SMILES string of the molecule is Cc1ccc(SCCN2CC(=O)NCC2C(=O)O)cc1. The van der Waals surface area contributed by atoms with Crippen molar-refractivity contribution in [3.8, 4) is 0 Å². The maximum atomic E-state index is 11.4. The lowest BCUT2D eigenvalue weighted by Crippen LogP contribution is -2.57. The lowest BCUT2D eigenvalue weighted by Gasteiger charge is -2.32. The molecule has 1 unspecified atom stereocenters. The Bertz CT molecular complexity index is 490. The number of benzene rings is 1. The molecule has 1 aromatic rings. The molecular weight excluding hydrogens is 276 g/mol. The fourth-order valence-electron chi connectivity index (χ4n) is 2.08. The Morgan fingerprint density at radius 2 is 2.15 bits per heavy atom. The first-order chi connectivity index (χ1) is 9.56. The van der Waals surface area contributed by atoms with Gasteiger partial charge in [0.25, 0.3) is 0 Å². The minimum Gasteiger partial charge on any atom is -0.480 e. The molecule has 1 aliphatic heterocycles. The Balaban J connectivity index is 1.86. The van der Waals surface area contributed by atoms with Crippen molar-refractivity contribution in [1.82, 2.24) is 10.2 Å². The van der Waals surface area contributed by atoms with E-state index in [9.17, 15) is 9.59 Å². The van der Waals surface area contributed by atoms with E-state index in [1.165, 1.54) is 5.56 Å². The molecule has 1 aliphatic rings. The lowest BCUT2D eigenvalue weighted by atomic mass is 10.2. The molecule has 6 heteroatoms. The monoisotopic (exact) mass is 294 g/mol. The van der Waals surface area contributed by atoms with E-state index >= 15 is 0 Å². The second kappa shape index (κ2) is 6.76. The molecule has 0 radical (unpaired) electrons. The number of carbonyl (C=O) groups is 2. The Morgan fingerprint density at radius 1 is 1.45 bits per heavy atom. The van der Waals surface area contributed by atoms with Crippen molar-refractivity contribution < 1.29 is 14.7 Å². The molecule has 1 amide bonds. The quantitative estimate of drug-likeness (QED) is 0.792. The Labute approximate surface area is 122 Å². The number of carbonyl (C=O) groups excluding carboxylic acids is 1. The standard InChI is InChI=1S/C14H18N2O3S/c1-10-2-4-11(5-3-10)20-7-6-16-9-13(17)15-8-12(16)14(18)19/h2-5,12H,6-9H2,1H3,(H,15,17)(H,18,19). The predicted molar refractivity (Wildman–Crippen MR) is 77.9 cm³/mol. The molecule has 1 aromatic carbocycles. The molecule has 0 aromatic heterocycles. The number of nitrogens with zero attached hydrogens (tertiary/aromatic N) is 1. The van der Waals surface area contributed by atoms with Crippen molar-refractivity contribution in [2.75, 3.05) is 25.4 Å². The van der Waals surface area contributed by atoms with Gasteiger partial charge in [0.15, 0.2) is 0 Å². The number of rotatable bonds is 5. The van der Waals surface area contributed by atoms with Gasteiger partial charge >= 0.3 is 5.97 Å². The fraction of sp³-hybridized carbons (Fsp3) is 0.429. The molecule has 0 aliphatic carbocycles. The molecule has 1 fully saturated rings. The molecule has 0 saturated carbocycles. The number of piperazine rings is 1. The predicted octanol–water partition coefficient (Wildman–Crippen LogP) is 0.972. The summed E-state index contributed by atoms with van der Waals surface area (Å²) in [6, 6.07) is 7.59. The topological polar surface area (TPSA) is 69.6 Å². The first kappa shape index (κ1) is 14.9. The van der Waals surface area contributed by atoms with Crippen LogP contribution in [0.1, 0.15) is 5.56 Å². The number of carboxylic acids is 1. The van der Waals surface area contributed by atoms with E-state index in [0.717, 1.165) is 10.6 Å². The average molecular weight is 294 g/mol. The van der Waals surface area contributed by atoms with Crippen molar-refractivity contribution in [3.63, 3.8) is 0 Å². The second-order valence-electron chi connectivity index (χ2n) is 4.79. The minimum absolute atomic E-state index is 0.108. The minimum atomic E-state index is -0.884. The van der Waals surface area contributed by atoms with Crippen LogP contribution in [-0.2, 0) is 9.59 Å². The smallest absolute Gasteiger partial charge is 0.322 e. The first-order valence-corrected chi connectivity index (χ1v) is 7.48. The van der Waals surface area contributed by atoms with Crippen molar-refractivity contribution in [1.29, 1.82) is 0 Å². The third-order valence-electron chi connectivity index (χ3n) is 3.23. The fourth-order valence-corrected chi connectivity index (χ4v) is 2.97. The summed E-state index contributed by atoms with van der Waals surface area (Å²) in [5.41, 5.74) is 1.22. The molecule has 20 heavy (non-hydrogen) atoms. The van der Waals surface area contributed by atoms with Crippen LogP contribution in [0.5, 0.6) is 0 Å².